The van der Waals surface area contributed by atoms with E-state index in [4.69, 9.17) is 11.6 Å². The average Bonchev–Trinajstić information content (AvgIpc) is 2.77. The van der Waals surface area contributed by atoms with Crippen LogP contribution in [0.5, 0.6) is 0 Å². The SMILES string of the molecule is C/C(=N/NC(=O)c1ccc(Cl)cc1)C1C(C)(C)C1(C)C. The van der Waals surface area contributed by atoms with Crippen LogP contribution in [0, 0.1) is 16.7 Å². The summed E-state index contributed by atoms with van der Waals surface area (Å²) >= 11 is 5.80. The Balaban J connectivity index is 2.03. The van der Waals surface area contributed by atoms with Gasteiger partial charge in [0.2, 0.25) is 0 Å². The molecule has 1 N–H and O–H groups in total. The van der Waals surface area contributed by atoms with Crippen LogP contribution in [0.3, 0.4) is 0 Å². The second kappa shape index (κ2) is 4.88. The third-order valence-electron chi connectivity index (χ3n) is 4.88. The highest BCUT2D eigenvalue weighted by Crippen LogP contribution is 2.68. The number of nitrogens with one attached hydrogen (secondary N) is 1. The number of rotatable bonds is 3. The summed E-state index contributed by atoms with van der Waals surface area (Å²) in [4.78, 5) is 12.0. The van der Waals surface area contributed by atoms with Crippen LogP contribution in [0.2, 0.25) is 5.02 Å². The Morgan fingerprint density at radius 1 is 1.15 bits per heavy atom. The summed E-state index contributed by atoms with van der Waals surface area (Å²) in [7, 11) is 0. The first-order valence-electron chi connectivity index (χ1n) is 6.78. The summed E-state index contributed by atoms with van der Waals surface area (Å²) in [5.74, 6) is 0.192. The molecule has 108 valence electrons. The number of amides is 1. The molecule has 0 spiro atoms. The minimum atomic E-state index is -0.211. The zero-order valence-electron chi connectivity index (χ0n) is 12.6. The Morgan fingerprint density at radius 2 is 1.65 bits per heavy atom. The Bertz CT molecular complexity index is 544. The maximum Gasteiger partial charge on any atom is 0.271 e. The number of hydrazone groups is 1. The van der Waals surface area contributed by atoms with Gasteiger partial charge in [-0.15, -0.1) is 0 Å². The smallest absolute Gasteiger partial charge is 0.267 e. The Morgan fingerprint density at radius 3 is 2.10 bits per heavy atom. The fourth-order valence-electron chi connectivity index (χ4n) is 3.11. The van der Waals surface area contributed by atoms with E-state index < -0.39 is 0 Å². The molecular formula is C16H21ClN2O. The molecule has 0 aliphatic heterocycles. The lowest BCUT2D eigenvalue weighted by Gasteiger charge is -2.04. The molecule has 0 unspecified atom stereocenters. The zero-order chi connectivity index (χ0) is 15.1. The van der Waals surface area contributed by atoms with Crippen LogP contribution in [0.25, 0.3) is 0 Å². The van der Waals surface area contributed by atoms with Gasteiger partial charge >= 0.3 is 0 Å². The summed E-state index contributed by atoms with van der Waals surface area (Å²) < 4.78 is 0. The highest BCUT2D eigenvalue weighted by Gasteiger charge is 2.65. The standard InChI is InChI=1S/C16H21ClN2O/c1-10(13-15(2,3)16(13,4)5)18-19-14(20)11-6-8-12(17)9-7-11/h6-9,13H,1-5H3,(H,19,20)/b18-10-. The van der Waals surface area contributed by atoms with Gasteiger partial charge in [0.1, 0.15) is 0 Å². The molecule has 1 amide bonds. The summed E-state index contributed by atoms with van der Waals surface area (Å²) in [5, 5.41) is 4.87. The third kappa shape index (κ3) is 2.47. The van der Waals surface area contributed by atoms with Gasteiger partial charge in [0.15, 0.2) is 0 Å². The second-order valence-electron chi connectivity index (χ2n) is 6.58. The molecular weight excluding hydrogens is 272 g/mol. The van der Waals surface area contributed by atoms with Crippen LogP contribution in [0.1, 0.15) is 45.0 Å². The van der Waals surface area contributed by atoms with E-state index in [1.807, 2.05) is 6.92 Å². The lowest BCUT2D eigenvalue weighted by molar-refractivity contribution is 0.0954. The number of hydrogen-bond donors (Lipinski definition) is 1. The van der Waals surface area contributed by atoms with E-state index in [-0.39, 0.29) is 16.7 Å². The van der Waals surface area contributed by atoms with E-state index >= 15 is 0 Å². The van der Waals surface area contributed by atoms with E-state index in [0.29, 0.717) is 16.5 Å². The lowest BCUT2D eigenvalue weighted by Crippen LogP contribution is -2.20. The van der Waals surface area contributed by atoms with E-state index in [2.05, 4.69) is 38.2 Å². The van der Waals surface area contributed by atoms with Crippen molar-refractivity contribution in [3.63, 3.8) is 0 Å². The Hall–Kier alpha value is -1.35. The normalized spacial score (nSPS) is 20.6. The van der Waals surface area contributed by atoms with Crippen molar-refractivity contribution >= 4 is 23.2 Å². The predicted octanol–water partition coefficient (Wildman–Crippen LogP) is 4.13. The summed E-state index contributed by atoms with van der Waals surface area (Å²) in [6, 6.07) is 6.77. The quantitative estimate of drug-likeness (QED) is 0.660. The maximum atomic E-state index is 12.0. The van der Waals surface area contributed by atoms with Crippen molar-refractivity contribution in [1.82, 2.24) is 5.43 Å². The average molecular weight is 293 g/mol. The van der Waals surface area contributed by atoms with Gasteiger partial charge in [-0.3, -0.25) is 4.79 Å². The molecule has 1 aromatic carbocycles. The molecule has 1 aliphatic carbocycles. The second-order valence-corrected chi connectivity index (χ2v) is 7.01. The Labute approximate surface area is 125 Å². The molecule has 3 nitrogen and oxygen atoms in total. The third-order valence-corrected chi connectivity index (χ3v) is 5.13. The van der Waals surface area contributed by atoms with Gasteiger partial charge in [-0.05, 0) is 42.0 Å². The van der Waals surface area contributed by atoms with Gasteiger partial charge < -0.3 is 0 Å². The molecule has 0 heterocycles. The van der Waals surface area contributed by atoms with Crippen LogP contribution < -0.4 is 5.43 Å². The van der Waals surface area contributed by atoms with Gasteiger partial charge in [-0.1, -0.05) is 39.3 Å². The minimum Gasteiger partial charge on any atom is -0.267 e. The molecule has 1 saturated carbocycles. The van der Waals surface area contributed by atoms with Crippen molar-refractivity contribution in [3.8, 4) is 0 Å². The molecule has 1 aromatic rings. The number of nitrogens with zero attached hydrogens (tertiary/aromatic N) is 1. The molecule has 0 bridgehead atoms. The molecule has 0 atom stereocenters. The van der Waals surface area contributed by atoms with Gasteiger partial charge in [0, 0.05) is 22.2 Å². The summed E-state index contributed by atoms with van der Waals surface area (Å²) in [6.45, 7) is 10.9. The minimum absolute atomic E-state index is 0.211. The van der Waals surface area contributed by atoms with E-state index in [0.717, 1.165) is 5.71 Å². The van der Waals surface area contributed by atoms with E-state index in [9.17, 15) is 4.79 Å². The number of carbonyl (C=O) groups is 1. The van der Waals surface area contributed by atoms with Crippen LogP contribution in [-0.2, 0) is 0 Å². The fraction of sp³-hybridized carbons (Fsp3) is 0.500. The van der Waals surface area contributed by atoms with Crippen molar-refractivity contribution < 1.29 is 4.79 Å². The number of carbonyl (C=O) groups excluding carboxylic acids is 1. The monoisotopic (exact) mass is 292 g/mol. The van der Waals surface area contributed by atoms with Crippen molar-refractivity contribution in [2.24, 2.45) is 21.8 Å². The highest BCUT2D eigenvalue weighted by atomic mass is 35.5. The van der Waals surface area contributed by atoms with Crippen molar-refractivity contribution in [1.29, 1.82) is 0 Å². The number of halogens is 1. The van der Waals surface area contributed by atoms with Gasteiger partial charge in [0.25, 0.3) is 5.91 Å². The zero-order valence-corrected chi connectivity index (χ0v) is 13.4. The van der Waals surface area contributed by atoms with Gasteiger partial charge in [-0.25, -0.2) is 5.43 Å². The first-order chi connectivity index (χ1) is 9.18. The maximum absolute atomic E-state index is 12.0. The lowest BCUT2D eigenvalue weighted by atomic mass is 10.0. The van der Waals surface area contributed by atoms with Gasteiger partial charge in [-0.2, -0.15) is 5.10 Å². The van der Waals surface area contributed by atoms with Crippen molar-refractivity contribution in [3.05, 3.63) is 34.9 Å². The van der Waals surface area contributed by atoms with E-state index in [1.54, 1.807) is 24.3 Å². The topological polar surface area (TPSA) is 41.5 Å². The summed E-state index contributed by atoms with van der Waals surface area (Å²) in [5.41, 5.74) is 4.61. The van der Waals surface area contributed by atoms with Crippen LogP contribution in [-0.4, -0.2) is 11.6 Å². The molecule has 0 saturated heterocycles. The molecule has 1 aliphatic rings. The molecule has 0 aromatic heterocycles. The molecule has 0 radical (unpaired) electrons. The first kappa shape index (κ1) is 15.0. The highest BCUT2D eigenvalue weighted by molar-refractivity contribution is 6.30. The van der Waals surface area contributed by atoms with Crippen molar-refractivity contribution in [2.45, 2.75) is 34.6 Å². The first-order valence-corrected chi connectivity index (χ1v) is 7.16. The van der Waals surface area contributed by atoms with E-state index in [1.165, 1.54) is 0 Å². The van der Waals surface area contributed by atoms with Crippen molar-refractivity contribution in [2.75, 3.05) is 0 Å². The molecule has 20 heavy (non-hydrogen) atoms. The molecule has 1 fully saturated rings. The molecule has 4 heteroatoms. The molecule has 2 rings (SSSR count). The van der Waals surface area contributed by atoms with Crippen LogP contribution >= 0.6 is 11.6 Å². The van der Waals surface area contributed by atoms with Crippen LogP contribution in [0.15, 0.2) is 29.4 Å². The van der Waals surface area contributed by atoms with Gasteiger partial charge in [0.05, 0.1) is 0 Å². The number of hydrogen-bond acceptors (Lipinski definition) is 2. The Kier molecular flexibility index (Phi) is 3.67. The predicted molar refractivity (Wildman–Crippen MR) is 83.1 cm³/mol. The summed E-state index contributed by atoms with van der Waals surface area (Å²) in [6.07, 6.45) is 0. The fourth-order valence-corrected chi connectivity index (χ4v) is 3.24. The number of benzene rings is 1. The van der Waals surface area contributed by atoms with Crippen LogP contribution in [0.4, 0.5) is 0 Å². The largest absolute Gasteiger partial charge is 0.271 e.